The van der Waals surface area contributed by atoms with Crippen molar-refractivity contribution in [3.8, 4) is 17.1 Å². The molecule has 0 aliphatic rings. The van der Waals surface area contributed by atoms with Crippen LogP contribution in [0.25, 0.3) is 22.3 Å². The number of hydrogen-bond donors (Lipinski definition) is 0. The highest BCUT2D eigenvalue weighted by molar-refractivity contribution is 6.09. The summed E-state index contributed by atoms with van der Waals surface area (Å²) >= 11 is 0. The van der Waals surface area contributed by atoms with Crippen molar-refractivity contribution in [3.05, 3.63) is 53.8 Å². The van der Waals surface area contributed by atoms with Crippen LogP contribution in [0.4, 0.5) is 4.39 Å². The highest BCUT2D eigenvalue weighted by Gasteiger charge is 2.25. The lowest BCUT2D eigenvalue weighted by atomic mass is 10.0. The first kappa shape index (κ1) is 18.5. The van der Waals surface area contributed by atoms with Crippen molar-refractivity contribution in [2.24, 2.45) is 0 Å². The number of ether oxygens (including phenoxy) is 2. The van der Waals surface area contributed by atoms with Crippen LogP contribution in [0.3, 0.4) is 0 Å². The van der Waals surface area contributed by atoms with Crippen molar-refractivity contribution in [2.75, 3.05) is 13.7 Å². The lowest BCUT2D eigenvalue weighted by Crippen LogP contribution is -2.05. The van der Waals surface area contributed by atoms with Gasteiger partial charge in [-0.25, -0.2) is 9.18 Å². The van der Waals surface area contributed by atoms with E-state index in [0.717, 1.165) is 0 Å². The van der Waals surface area contributed by atoms with Crippen molar-refractivity contribution in [2.45, 2.75) is 20.8 Å². The van der Waals surface area contributed by atoms with Crippen LogP contribution < -0.4 is 4.74 Å². The van der Waals surface area contributed by atoms with E-state index < -0.39 is 11.8 Å². The maximum absolute atomic E-state index is 14.1. The molecule has 0 fully saturated rings. The van der Waals surface area contributed by atoms with Gasteiger partial charge in [0.2, 0.25) is 0 Å². The molecule has 0 unspecified atom stereocenters. The van der Waals surface area contributed by atoms with Crippen LogP contribution in [0, 0.1) is 5.82 Å². The van der Waals surface area contributed by atoms with Crippen molar-refractivity contribution >= 4 is 16.9 Å². The predicted molar refractivity (Wildman–Crippen MR) is 95.5 cm³/mol. The van der Waals surface area contributed by atoms with Gasteiger partial charge in [-0.3, -0.25) is 0 Å². The van der Waals surface area contributed by atoms with Crippen molar-refractivity contribution in [1.29, 1.82) is 0 Å². The van der Waals surface area contributed by atoms with Gasteiger partial charge in [0.05, 0.1) is 19.3 Å². The molecule has 1 heterocycles. The maximum atomic E-state index is 14.1. The van der Waals surface area contributed by atoms with Gasteiger partial charge in [-0.15, -0.1) is 0 Å². The Morgan fingerprint density at radius 1 is 1.16 bits per heavy atom. The van der Waals surface area contributed by atoms with E-state index in [0.29, 0.717) is 16.7 Å². The Morgan fingerprint density at radius 3 is 2.52 bits per heavy atom. The summed E-state index contributed by atoms with van der Waals surface area (Å²) in [6.45, 7) is 5.93. The average molecular weight is 344 g/mol. The van der Waals surface area contributed by atoms with Crippen LogP contribution in [0.15, 0.2) is 46.9 Å². The second-order valence-electron chi connectivity index (χ2n) is 4.87. The number of hydrogen-bond acceptors (Lipinski definition) is 4. The van der Waals surface area contributed by atoms with Crippen LogP contribution in [-0.2, 0) is 4.74 Å². The minimum atomic E-state index is -0.558. The van der Waals surface area contributed by atoms with Gasteiger partial charge < -0.3 is 13.9 Å². The molecule has 0 amide bonds. The van der Waals surface area contributed by atoms with Gasteiger partial charge in [0.15, 0.2) is 5.76 Å². The second-order valence-corrected chi connectivity index (χ2v) is 4.87. The number of esters is 1. The van der Waals surface area contributed by atoms with E-state index in [4.69, 9.17) is 13.9 Å². The monoisotopic (exact) mass is 344 g/mol. The van der Waals surface area contributed by atoms with E-state index in [1.165, 1.54) is 13.2 Å². The number of carbonyl (C=O) groups excluding carboxylic acids is 1. The first-order chi connectivity index (χ1) is 12.2. The number of furan rings is 1. The van der Waals surface area contributed by atoms with E-state index in [-0.39, 0.29) is 23.5 Å². The van der Waals surface area contributed by atoms with Crippen LogP contribution in [0.1, 0.15) is 31.1 Å². The third kappa shape index (κ3) is 3.65. The molecule has 5 heteroatoms. The molecule has 0 saturated carbocycles. The zero-order valence-electron chi connectivity index (χ0n) is 14.8. The van der Waals surface area contributed by atoms with Gasteiger partial charge in [-0.1, -0.05) is 26.0 Å². The second kappa shape index (κ2) is 8.33. The number of halogens is 1. The third-order valence-corrected chi connectivity index (χ3v) is 3.49. The van der Waals surface area contributed by atoms with Crippen molar-refractivity contribution in [3.63, 3.8) is 0 Å². The largest absolute Gasteiger partial charge is 0.497 e. The van der Waals surface area contributed by atoms with E-state index in [2.05, 4.69) is 0 Å². The fraction of sp³-hybridized carbons (Fsp3) is 0.250. The highest BCUT2D eigenvalue weighted by Crippen LogP contribution is 2.36. The van der Waals surface area contributed by atoms with E-state index in [1.54, 1.807) is 43.3 Å². The van der Waals surface area contributed by atoms with Gasteiger partial charge in [0.1, 0.15) is 22.7 Å². The van der Waals surface area contributed by atoms with Crippen molar-refractivity contribution < 1.29 is 23.1 Å². The Hall–Kier alpha value is -2.82. The molecule has 0 spiro atoms. The Labute approximate surface area is 146 Å². The third-order valence-electron chi connectivity index (χ3n) is 3.49. The SMILES string of the molecule is CC.CCOC(=O)c1c(-c2ccccc2F)oc2ccc(OC)cc12. The molecule has 4 nitrogen and oxygen atoms in total. The molecule has 132 valence electrons. The number of carbonyl (C=O) groups is 1. The van der Waals surface area contributed by atoms with E-state index in [9.17, 15) is 9.18 Å². The zero-order valence-corrected chi connectivity index (χ0v) is 14.8. The molecule has 0 aliphatic heterocycles. The Morgan fingerprint density at radius 2 is 1.88 bits per heavy atom. The first-order valence-electron chi connectivity index (χ1n) is 8.18. The molecule has 3 rings (SSSR count). The van der Waals surface area contributed by atoms with Gasteiger partial charge in [-0.05, 0) is 37.3 Å². The summed E-state index contributed by atoms with van der Waals surface area (Å²) in [5.41, 5.74) is 0.878. The molecule has 0 atom stereocenters. The zero-order chi connectivity index (χ0) is 18.4. The fourth-order valence-electron chi connectivity index (χ4n) is 2.44. The van der Waals surface area contributed by atoms with E-state index >= 15 is 0 Å². The van der Waals surface area contributed by atoms with Crippen molar-refractivity contribution in [1.82, 2.24) is 0 Å². The summed E-state index contributed by atoms with van der Waals surface area (Å²) in [6, 6.07) is 11.2. The lowest BCUT2D eigenvalue weighted by Gasteiger charge is -2.04. The molecule has 0 radical (unpaired) electrons. The summed E-state index contributed by atoms with van der Waals surface area (Å²) in [5.74, 6) is -0.296. The summed E-state index contributed by atoms with van der Waals surface area (Å²) in [4.78, 5) is 12.4. The highest BCUT2D eigenvalue weighted by atomic mass is 19.1. The summed E-state index contributed by atoms with van der Waals surface area (Å²) in [7, 11) is 1.53. The molecule has 2 aromatic carbocycles. The topological polar surface area (TPSA) is 48.7 Å². The summed E-state index contributed by atoms with van der Waals surface area (Å²) in [5, 5.41) is 0.529. The van der Waals surface area contributed by atoms with Crippen LogP contribution in [-0.4, -0.2) is 19.7 Å². The summed E-state index contributed by atoms with van der Waals surface area (Å²) in [6.07, 6.45) is 0. The Balaban J connectivity index is 0.00000109. The number of rotatable bonds is 4. The Bertz CT molecular complexity index is 867. The lowest BCUT2D eigenvalue weighted by molar-refractivity contribution is 0.0528. The molecule has 1 aromatic heterocycles. The molecule has 3 aromatic rings. The minimum absolute atomic E-state index is 0.157. The van der Waals surface area contributed by atoms with Crippen LogP contribution in [0.5, 0.6) is 5.75 Å². The van der Waals surface area contributed by atoms with Crippen LogP contribution in [0.2, 0.25) is 0 Å². The van der Waals surface area contributed by atoms with Gasteiger partial charge >= 0.3 is 5.97 Å². The molecule has 25 heavy (non-hydrogen) atoms. The standard InChI is InChI=1S/C18H15FO4.C2H6/c1-3-22-18(20)16-13-10-11(21-2)8-9-15(13)23-17(16)12-6-4-5-7-14(12)19;1-2/h4-10H,3H2,1-2H3;1-2H3. The molecule has 0 N–H and O–H groups in total. The smallest absolute Gasteiger partial charge is 0.342 e. The average Bonchev–Trinajstić information content (AvgIpc) is 3.02. The predicted octanol–water partition coefficient (Wildman–Crippen LogP) is 5.45. The quantitative estimate of drug-likeness (QED) is 0.591. The Kier molecular flexibility index (Phi) is 6.17. The van der Waals surface area contributed by atoms with Gasteiger partial charge in [0.25, 0.3) is 0 Å². The molecule has 0 saturated heterocycles. The first-order valence-corrected chi connectivity index (χ1v) is 8.18. The number of benzene rings is 2. The van der Waals surface area contributed by atoms with Gasteiger partial charge in [0, 0.05) is 5.39 Å². The normalized spacial score (nSPS) is 10.1. The van der Waals surface area contributed by atoms with Gasteiger partial charge in [-0.2, -0.15) is 0 Å². The molecular weight excluding hydrogens is 323 g/mol. The van der Waals surface area contributed by atoms with E-state index in [1.807, 2.05) is 13.8 Å². The number of fused-ring (bicyclic) bond motifs is 1. The van der Waals surface area contributed by atoms with Crippen LogP contribution >= 0.6 is 0 Å². The minimum Gasteiger partial charge on any atom is -0.497 e. The fourth-order valence-corrected chi connectivity index (χ4v) is 2.44. The molecule has 0 bridgehead atoms. The summed E-state index contributed by atoms with van der Waals surface area (Å²) < 4.78 is 30.2. The molecular formula is C20H21FO4. The maximum Gasteiger partial charge on any atom is 0.342 e. The molecule has 0 aliphatic carbocycles. The number of methoxy groups -OCH3 is 1.